The van der Waals surface area contributed by atoms with Crippen molar-refractivity contribution in [1.29, 1.82) is 0 Å². The molecule has 0 bridgehead atoms. The predicted molar refractivity (Wildman–Crippen MR) is 72.3 cm³/mol. The fourth-order valence-electron chi connectivity index (χ4n) is 1.97. The Bertz CT molecular complexity index is 692. The molecule has 0 fully saturated rings. The lowest BCUT2D eigenvalue weighted by Gasteiger charge is -2.08. The van der Waals surface area contributed by atoms with E-state index in [9.17, 15) is 14.0 Å². The fraction of sp³-hybridized carbons (Fsp3) is 0.214. The van der Waals surface area contributed by atoms with Crippen molar-refractivity contribution in [1.82, 2.24) is 9.78 Å². The average molecular weight is 275 g/mol. The van der Waals surface area contributed by atoms with Crippen molar-refractivity contribution < 1.29 is 14.0 Å². The van der Waals surface area contributed by atoms with Gasteiger partial charge in [0.15, 0.2) is 5.78 Å². The van der Waals surface area contributed by atoms with E-state index in [1.54, 1.807) is 31.2 Å². The highest BCUT2D eigenvalue weighted by molar-refractivity contribution is 6.09. The zero-order chi connectivity index (χ0) is 14.9. The molecule has 0 saturated heterocycles. The summed E-state index contributed by atoms with van der Waals surface area (Å²) in [7, 11) is 1.42. The summed E-state index contributed by atoms with van der Waals surface area (Å²) in [5.41, 5.74) is 0.907. The molecule has 1 heterocycles. The molecule has 0 radical (unpaired) electrons. The van der Waals surface area contributed by atoms with Gasteiger partial charge in [0.05, 0.1) is 11.4 Å². The van der Waals surface area contributed by atoms with Crippen LogP contribution in [0, 0.1) is 12.9 Å². The van der Waals surface area contributed by atoms with E-state index in [1.165, 1.54) is 14.0 Å². The van der Waals surface area contributed by atoms with E-state index in [4.69, 9.17) is 0 Å². The van der Waals surface area contributed by atoms with Crippen molar-refractivity contribution in [3.8, 4) is 0 Å². The second kappa shape index (κ2) is 5.24. The third-order valence-corrected chi connectivity index (χ3v) is 2.93. The molecular weight excluding hydrogens is 261 g/mol. The number of benzene rings is 1. The third kappa shape index (κ3) is 2.45. The average Bonchev–Trinajstić information content (AvgIpc) is 2.63. The Balaban J connectivity index is 2.36. The van der Waals surface area contributed by atoms with Gasteiger partial charge in [-0.3, -0.25) is 9.59 Å². The highest BCUT2D eigenvalue weighted by Gasteiger charge is 2.21. The van der Waals surface area contributed by atoms with Gasteiger partial charge in [-0.25, -0.2) is 4.68 Å². The molecular formula is C14H14FN3O2. The summed E-state index contributed by atoms with van der Waals surface area (Å²) in [4.78, 5) is 23.6. The van der Waals surface area contributed by atoms with E-state index < -0.39 is 11.9 Å². The largest absolute Gasteiger partial charge is 0.321 e. The molecule has 1 N–H and O–H groups in total. The SMILES string of the molecule is CC(=O)c1ccccc1NC(=O)c1c(C)nn(C)c1F. The summed E-state index contributed by atoms with van der Waals surface area (Å²) in [6, 6.07) is 6.58. The lowest BCUT2D eigenvalue weighted by Crippen LogP contribution is -2.16. The van der Waals surface area contributed by atoms with Gasteiger partial charge in [0, 0.05) is 12.6 Å². The minimum Gasteiger partial charge on any atom is -0.321 e. The van der Waals surface area contributed by atoms with Crippen LogP contribution in [0.5, 0.6) is 0 Å². The number of carbonyl (C=O) groups is 2. The zero-order valence-electron chi connectivity index (χ0n) is 11.4. The smallest absolute Gasteiger partial charge is 0.262 e. The van der Waals surface area contributed by atoms with Crippen LogP contribution in [0.2, 0.25) is 0 Å². The van der Waals surface area contributed by atoms with Gasteiger partial charge in [-0.15, -0.1) is 0 Å². The second-order valence-corrected chi connectivity index (χ2v) is 4.43. The second-order valence-electron chi connectivity index (χ2n) is 4.43. The number of aryl methyl sites for hydroxylation is 2. The molecule has 0 aliphatic rings. The van der Waals surface area contributed by atoms with Gasteiger partial charge in [-0.1, -0.05) is 12.1 Å². The highest BCUT2D eigenvalue weighted by Crippen LogP contribution is 2.18. The van der Waals surface area contributed by atoms with Crippen molar-refractivity contribution >= 4 is 17.4 Å². The Morgan fingerprint density at radius 2 is 1.95 bits per heavy atom. The molecule has 0 saturated carbocycles. The molecule has 5 nitrogen and oxygen atoms in total. The third-order valence-electron chi connectivity index (χ3n) is 2.93. The number of nitrogens with zero attached hydrogens (tertiary/aromatic N) is 2. The Hall–Kier alpha value is -2.50. The Labute approximate surface area is 115 Å². The van der Waals surface area contributed by atoms with Crippen LogP contribution in [0.15, 0.2) is 24.3 Å². The molecule has 0 atom stereocenters. The topological polar surface area (TPSA) is 64.0 Å². The number of carbonyl (C=O) groups excluding carboxylic acids is 2. The van der Waals surface area contributed by atoms with Gasteiger partial charge in [-0.05, 0) is 26.0 Å². The molecule has 1 amide bonds. The first-order chi connectivity index (χ1) is 9.41. The van der Waals surface area contributed by atoms with Gasteiger partial charge >= 0.3 is 0 Å². The molecule has 2 rings (SSSR count). The van der Waals surface area contributed by atoms with E-state index >= 15 is 0 Å². The maximum Gasteiger partial charge on any atom is 0.262 e. The highest BCUT2D eigenvalue weighted by atomic mass is 19.1. The first-order valence-corrected chi connectivity index (χ1v) is 6.02. The number of hydrogen-bond acceptors (Lipinski definition) is 3. The van der Waals surface area contributed by atoms with E-state index in [2.05, 4.69) is 10.4 Å². The van der Waals surface area contributed by atoms with Gasteiger partial charge in [-0.2, -0.15) is 9.49 Å². The number of rotatable bonds is 3. The van der Waals surface area contributed by atoms with Crippen molar-refractivity contribution in [2.75, 3.05) is 5.32 Å². The first kappa shape index (κ1) is 13.9. The van der Waals surface area contributed by atoms with Crippen LogP contribution in [-0.4, -0.2) is 21.5 Å². The van der Waals surface area contributed by atoms with E-state index in [1.807, 2.05) is 0 Å². The summed E-state index contributed by atoms with van der Waals surface area (Å²) in [6.07, 6.45) is 0. The number of para-hydroxylation sites is 1. The minimum atomic E-state index is -0.708. The van der Waals surface area contributed by atoms with Crippen LogP contribution < -0.4 is 5.32 Å². The number of nitrogens with one attached hydrogen (secondary N) is 1. The lowest BCUT2D eigenvalue weighted by molar-refractivity contribution is 0.101. The number of halogens is 1. The van der Waals surface area contributed by atoms with E-state index in [-0.39, 0.29) is 11.3 Å². The van der Waals surface area contributed by atoms with Gasteiger partial charge < -0.3 is 5.32 Å². The number of anilines is 1. The lowest BCUT2D eigenvalue weighted by atomic mass is 10.1. The molecule has 20 heavy (non-hydrogen) atoms. The van der Waals surface area contributed by atoms with Crippen molar-refractivity contribution in [3.63, 3.8) is 0 Å². The molecule has 0 aliphatic heterocycles. The van der Waals surface area contributed by atoms with Gasteiger partial charge in [0.1, 0.15) is 5.56 Å². The molecule has 2 aromatic rings. The summed E-state index contributed by atoms with van der Waals surface area (Å²) in [6.45, 7) is 2.95. The van der Waals surface area contributed by atoms with Crippen LogP contribution >= 0.6 is 0 Å². The van der Waals surface area contributed by atoms with Crippen molar-refractivity contribution in [2.45, 2.75) is 13.8 Å². The van der Waals surface area contributed by atoms with E-state index in [0.29, 0.717) is 16.9 Å². The Kier molecular flexibility index (Phi) is 3.65. The number of aromatic nitrogens is 2. The predicted octanol–water partition coefficient (Wildman–Crippen LogP) is 2.32. The molecule has 1 aromatic carbocycles. The molecule has 1 aromatic heterocycles. The van der Waals surface area contributed by atoms with Crippen LogP contribution in [0.1, 0.15) is 33.3 Å². The molecule has 6 heteroatoms. The zero-order valence-corrected chi connectivity index (χ0v) is 11.4. The van der Waals surface area contributed by atoms with Crippen molar-refractivity contribution in [3.05, 3.63) is 47.0 Å². The minimum absolute atomic E-state index is 0.120. The molecule has 0 spiro atoms. The summed E-state index contributed by atoms with van der Waals surface area (Å²) in [5, 5.41) is 6.39. The van der Waals surface area contributed by atoms with Crippen LogP contribution in [-0.2, 0) is 7.05 Å². The van der Waals surface area contributed by atoms with Crippen LogP contribution in [0.4, 0.5) is 10.1 Å². The Morgan fingerprint density at radius 3 is 2.50 bits per heavy atom. The molecule has 104 valence electrons. The maximum absolute atomic E-state index is 13.8. The number of Topliss-reactive ketones (excluding diaryl/α,β-unsaturated/α-hetero) is 1. The summed E-state index contributed by atoms with van der Waals surface area (Å²) >= 11 is 0. The van der Waals surface area contributed by atoms with E-state index in [0.717, 1.165) is 4.68 Å². The monoisotopic (exact) mass is 275 g/mol. The number of hydrogen-bond donors (Lipinski definition) is 1. The Morgan fingerprint density at radius 1 is 1.30 bits per heavy atom. The first-order valence-electron chi connectivity index (χ1n) is 6.02. The normalized spacial score (nSPS) is 10.4. The summed E-state index contributed by atoms with van der Waals surface area (Å²) < 4.78 is 14.8. The quantitative estimate of drug-likeness (QED) is 0.874. The maximum atomic E-state index is 13.8. The van der Waals surface area contributed by atoms with Gasteiger partial charge in [0.2, 0.25) is 5.95 Å². The van der Waals surface area contributed by atoms with Crippen molar-refractivity contribution in [2.24, 2.45) is 7.05 Å². The molecule has 0 unspecified atom stereocenters. The van der Waals surface area contributed by atoms with Crippen LogP contribution in [0.3, 0.4) is 0 Å². The fourth-order valence-corrected chi connectivity index (χ4v) is 1.97. The van der Waals surface area contributed by atoms with Crippen LogP contribution in [0.25, 0.3) is 0 Å². The summed E-state index contributed by atoms with van der Waals surface area (Å²) in [5.74, 6) is -1.51. The standard InChI is InChI=1S/C14H14FN3O2/c1-8-12(13(15)18(3)17-8)14(20)16-11-7-5-4-6-10(11)9(2)19/h4-7H,1-3H3,(H,16,20). The van der Waals surface area contributed by atoms with Gasteiger partial charge in [0.25, 0.3) is 5.91 Å². The number of amides is 1. The molecule has 0 aliphatic carbocycles. The number of ketones is 1.